The Morgan fingerprint density at radius 1 is 1.00 bits per heavy atom. The van der Waals surface area contributed by atoms with Crippen molar-refractivity contribution in [2.75, 3.05) is 47.8 Å². The summed E-state index contributed by atoms with van der Waals surface area (Å²) in [5, 5.41) is 7.02. The minimum absolute atomic E-state index is 0.202. The summed E-state index contributed by atoms with van der Waals surface area (Å²) in [4.78, 5) is 14.5. The summed E-state index contributed by atoms with van der Waals surface area (Å²) in [6.45, 7) is 9.48. The first kappa shape index (κ1) is 24.6. The van der Waals surface area contributed by atoms with E-state index in [4.69, 9.17) is 22.2 Å². The molecule has 2 atom stereocenters. The molecule has 0 unspecified atom stereocenters. The Morgan fingerprint density at radius 3 is 2.32 bits per heavy atom. The molecule has 184 valence electrons. The van der Waals surface area contributed by atoms with Crippen LogP contribution in [0.5, 0.6) is 0 Å². The number of anilines is 3. The summed E-state index contributed by atoms with van der Waals surface area (Å²) in [6.07, 6.45) is 6.72. The van der Waals surface area contributed by atoms with Crippen LogP contribution in [-0.2, 0) is 6.42 Å². The highest BCUT2D eigenvalue weighted by atomic mass is 32.1. The molecular formula is C26H37FN6S. The highest BCUT2D eigenvalue weighted by Crippen LogP contribution is 2.29. The number of thiocarbonyl (C=S) groups is 1. The van der Waals surface area contributed by atoms with Crippen molar-refractivity contribution in [1.82, 2.24) is 15.3 Å². The molecular weight excluding hydrogens is 447 g/mol. The monoisotopic (exact) mass is 484 g/mol. The third-order valence-electron chi connectivity index (χ3n) is 6.64. The van der Waals surface area contributed by atoms with Crippen molar-refractivity contribution < 1.29 is 4.39 Å². The van der Waals surface area contributed by atoms with Crippen molar-refractivity contribution in [1.29, 1.82) is 0 Å². The number of hydrogen-bond acceptors (Lipinski definition) is 5. The summed E-state index contributed by atoms with van der Waals surface area (Å²) < 4.78 is 13.1. The van der Waals surface area contributed by atoms with Crippen LogP contribution in [0.4, 0.5) is 22.0 Å². The fraction of sp³-hybridized carbons (Fsp3) is 0.577. The van der Waals surface area contributed by atoms with Crippen molar-refractivity contribution in [2.24, 2.45) is 11.8 Å². The van der Waals surface area contributed by atoms with Crippen LogP contribution in [0.3, 0.4) is 0 Å². The SMILES string of the molecule is C[C@@H]1C[C@@H](C)CN(c2cc(N3CCCCC3)nc(NC(=S)NCCCc3ccc(F)cc3)n2)C1. The van der Waals surface area contributed by atoms with Crippen LogP contribution in [0.1, 0.15) is 51.5 Å². The maximum atomic E-state index is 13.1. The zero-order valence-corrected chi connectivity index (χ0v) is 21.2. The van der Waals surface area contributed by atoms with E-state index >= 15 is 0 Å². The molecule has 34 heavy (non-hydrogen) atoms. The molecule has 0 radical (unpaired) electrons. The van der Waals surface area contributed by atoms with Crippen LogP contribution in [0.15, 0.2) is 30.3 Å². The van der Waals surface area contributed by atoms with Crippen molar-refractivity contribution in [2.45, 2.75) is 52.4 Å². The quantitative estimate of drug-likeness (QED) is 0.423. The standard InChI is InChI=1S/C26H37FN6S/c1-19-15-20(2)18-33(17-19)24-16-23(32-13-4-3-5-14-32)29-25(30-24)31-26(34)28-12-6-7-21-8-10-22(27)11-9-21/h8-11,16,19-20H,3-7,12-15,17-18H2,1-2H3,(H2,28,29,30,31,34)/t19-,20-/m1/s1. The summed E-state index contributed by atoms with van der Waals surface area (Å²) in [6, 6.07) is 8.82. The molecule has 2 aliphatic rings. The van der Waals surface area contributed by atoms with Crippen molar-refractivity contribution in [3.8, 4) is 0 Å². The molecule has 8 heteroatoms. The maximum Gasteiger partial charge on any atom is 0.232 e. The Labute approximate surface area is 208 Å². The van der Waals surface area contributed by atoms with Gasteiger partial charge in [-0.05, 0) is 80.3 Å². The van der Waals surface area contributed by atoms with Gasteiger partial charge in [0, 0.05) is 38.8 Å². The van der Waals surface area contributed by atoms with Gasteiger partial charge in [-0.1, -0.05) is 26.0 Å². The van der Waals surface area contributed by atoms with Crippen molar-refractivity contribution in [3.05, 3.63) is 41.7 Å². The molecule has 2 N–H and O–H groups in total. The zero-order chi connectivity index (χ0) is 23.9. The molecule has 0 bridgehead atoms. The highest BCUT2D eigenvalue weighted by molar-refractivity contribution is 7.80. The maximum absolute atomic E-state index is 13.1. The molecule has 0 aliphatic carbocycles. The Morgan fingerprint density at radius 2 is 1.65 bits per heavy atom. The first-order valence-corrected chi connectivity index (χ1v) is 13.1. The molecule has 4 rings (SSSR count). The van der Waals surface area contributed by atoms with Crippen LogP contribution in [0, 0.1) is 17.7 Å². The Bertz CT molecular complexity index is 937. The van der Waals surface area contributed by atoms with Gasteiger partial charge in [0.05, 0.1) is 0 Å². The molecule has 2 fully saturated rings. The largest absolute Gasteiger partial charge is 0.362 e. The molecule has 1 aromatic carbocycles. The molecule has 2 saturated heterocycles. The number of nitrogens with one attached hydrogen (secondary N) is 2. The van der Waals surface area contributed by atoms with Gasteiger partial charge in [0.15, 0.2) is 5.11 Å². The number of aromatic nitrogens is 2. The zero-order valence-electron chi connectivity index (χ0n) is 20.4. The molecule has 2 aromatic rings. The molecule has 2 aliphatic heterocycles. The van der Waals surface area contributed by atoms with E-state index in [2.05, 4.69) is 40.3 Å². The number of aryl methyl sites for hydroxylation is 1. The van der Waals surface area contributed by atoms with E-state index in [1.165, 1.54) is 37.8 Å². The summed E-state index contributed by atoms with van der Waals surface area (Å²) >= 11 is 5.54. The van der Waals surface area contributed by atoms with Gasteiger partial charge >= 0.3 is 0 Å². The number of benzene rings is 1. The Kier molecular flexibility index (Phi) is 8.53. The number of hydrogen-bond donors (Lipinski definition) is 2. The lowest BCUT2D eigenvalue weighted by Crippen LogP contribution is -2.40. The van der Waals surface area contributed by atoms with E-state index in [0.29, 0.717) is 22.9 Å². The second kappa shape index (κ2) is 11.8. The van der Waals surface area contributed by atoms with E-state index in [9.17, 15) is 4.39 Å². The topological polar surface area (TPSA) is 56.3 Å². The average molecular weight is 485 g/mol. The van der Waals surface area contributed by atoms with Crippen LogP contribution in [0.2, 0.25) is 0 Å². The Hall–Kier alpha value is -2.48. The summed E-state index contributed by atoms with van der Waals surface area (Å²) in [7, 11) is 0. The molecule has 6 nitrogen and oxygen atoms in total. The van der Waals surface area contributed by atoms with E-state index < -0.39 is 0 Å². The second-order valence-corrected chi connectivity index (χ2v) is 10.3. The van der Waals surface area contributed by atoms with Gasteiger partial charge in [-0.3, -0.25) is 0 Å². The van der Waals surface area contributed by atoms with Gasteiger partial charge < -0.3 is 20.4 Å². The molecule has 0 spiro atoms. The lowest BCUT2D eigenvalue weighted by molar-refractivity contribution is 0.355. The molecule has 0 amide bonds. The summed E-state index contributed by atoms with van der Waals surface area (Å²) in [5.41, 5.74) is 1.12. The predicted octanol–water partition coefficient (Wildman–Crippen LogP) is 5.01. The van der Waals surface area contributed by atoms with Crippen LogP contribution >= 0.6 is 12.2 Å². The van der Waals surface area contributed by atoms with Gasteiger partial charge in [-0.25, -0.2) is 4.39 Å². The lowest BCUT2D eigenvalue weighted by Gasteiger charge is -2.36. The van der Waals surface area contributed by atoms with Crippen LogP contribution in [0.25, 0.3) is 0 Å². The third kappa shape index (κ3) is 7.01. The molecule has 3 heterocycles. The minimum atomic E-state index is -0.202. The number of piperidine rings is 2. The Balaban J connectivity index is 1.39. The van der Waals surface area contributed by atoms with Gasteiger partial charge in [0.25, 0.3) is 0 Å². The smallest absolute Gasteiger partial charge is 0.232 e. The average Bonchev–Trinajstić information content (AvgIpc) is 2.83. The lowest BCUT2D eigenvalue weighted by atomic mass is 9.92. The van der Waals surface area contributed by atoms with Gasteiger partial charge in [-0.15, -0.1) is 0 Å². The van der Waals surface area contributed by atoms with Crippen molar-refractivity contribution >= 4 is 34.9 Å². The van der Waals surface area contributed by atoms with Gasteiger partial charge in [0.2, 0.25) is 5.95 Å². The fourth-order valence-electron chi connectivity index (χ4n) is 5.07. The first-order valence-electron chi connectivity index (χ1n) is 12.6. The normalized spacial score (nSPS) is 20.8. The van der Waals surface area contributed by atoms with Gasteiger partial charge in [-0.2, -0.15) is 9.97 Å². The van der Waals surface area contributed by atoms with Crippen LogP contribution in [-0.4, -0.2) is 47.8 Å². The van der Waals surface area contributed by atoms with E-state index in [1.54, 1.807) is 0 Å². The molecule has 1 aromatic heterocycles. The number of halogens is 1. The first-order chi connectivity index (χ1) is 16.5. The van der Waals surface area contributed by atoms with E-state index in [-0.39, 0.29) is 5.82 Å². The number of rotatable bonds is 7. The third-order valence-corrected chi connectivity index (χ3v) is 6.88. The fourth-order valence-corrected chi connectivity index (χ4v) is 5.26. The molecule has 0 saturated carbocycles. The van der Waals surface area contributed by atoms with E-state index in [1.807, 2.05) is 12.1 Å². The number of nitrogens with zero attached hydrogens (tertiary/aromatic N) is 4. The van der Waals surface area contributed by atoms with Gasteiger partial charge in [0.1, 0.15) is 17.5 Å². The highest BCUT2D eigenvalue weighted by Gasteiger charge is 2.25. The minimum Gasteiger partial charge on any atom is -0.362 e. The van der Waals surface area contributed by atoms with Crippen LogP contribution < -0.4 is 20.4 Å². The van der Waals surface area contributed by atoms with Crippen molar-refractivity contribution in [3.63, 3.8) is 0 Å². The predicted molar refractivity (Wildman–Crippen MR) is 142 cm³/mol. The summed E-state index contributed by atoms with van der Waals surface area (Å²) in [5.74, 6) is 3.62. The second-order valence-electron chi connectivity index (χ2n) is 9.92. The van der Waals surface area contributed by atoms with E-state index in [0.717, 1.165) is 62.8 Å².